The van der Waals surface area contributed by atoms with Crippen LogP contribution in [0.2, 0.25) is 0 Å². The molecule has 13 atom stereocenters. The zero-order chi connectivity index (χ0) is 59.7. The molecule has 0 spiro atoms. The van der Waals surface area contributed by atoms with Crippen LogP contribution in [0.3, 0.4) is 0 Å². The number of carboxylic acids is 4. The summed E-state index contributed by atoms with van der Waals surface area (Å²) in [7, 11) is 0. The third-order valence-corrected chi connectivity index (χ3v) is 12.8. The number of nitrogens with one attached hydrogen (secondary N) is 9. The van der Waals surface area contributed by atoms with Crippen molar-refractivity contribution in [2.24, 2.45) is 17.6 Å². The van der Waals surface area contributed by atoms with Gasteiger partial charge < -0.3 is 83.9 Å². The lowest BCUT2D eigenvalue weighted by atomic mass is 9.95. The molecule has 1 aromatic heterocycles. The Hall–Kier alpha value is -8.05. The first-order valence-corrected chi connectivity index (χ1v) is 25.5. The van der Waals surface area contributed by atoms with Crippen molar-refractivity contribution in [1.82, 2.24) is 52.5 Å². The number of carbonyl (C=O) groups excluding carboxylic acids is 8. The highest BCUT2D eigenvalue weighted by molar-refractivity contribution is 5.98. The van der Waals surface area contributed by atoms with E-state index in [1.807, 2.05) is 0 Å². The van der Waals surface area contributed by atoms with E-state index in [1.54, 1.807) is 44.2 Å². The summed E-state index contributed by atoms with van der Waals surface area (Å²) in [6, 6.07) is -6.20. The molecule has 0 fully saturated rings. The smallest absolute Gasteiger partial charge is 0.326 e. The highest BCUT2D eigenvalue weighted by Crippen LogP contribution is 2.15. The second-order valence-electron chi connectivity index (χ2n) is 19.2. The molecule has 438 valence electrons. The molecule has 17 N–H and O–H groups in total. The van der Waals surface area contributed by atoms with Crippen LogP contribution in [0.15, 0.2) is 42.9 Å². The van der Waals surface area contributed by atoms with Crippen molar-refractivity contribution in [2.45, 2.75) is 172 Å². The number of carboxylic acid groups (broad SMARTS) is 4. The number of nitrogens with two attached hydrogens (primary N) is 1. The number of rotatable bonds is 36. The molecule has 0 aliphatic heterocycles. The molecule has 0 radical (unpaired) electrons. The van der Waals surface area contributed by atoms with Gasteiger partial charge in [0.15, 0.2) is 0 Å². The van der Waals surface area contributed by atoms with Gasteiger partial charge in [0.25, 0.3) is 0 Å². The van der Waals surface area contributed by atoms with Crippen LogP contribution in [-0.2, 0) is 70.4 Å². The van der Waals surface area contributed by atoms with Gasteiger partial charge in [-0.05, 0) is 50.5 Å². The summed E-state index contributed by atoms with van der Waals surface area (Å²) in [4.78, 5) is 163. The molecule has 0 saturated heterocycles. The number of aliphatic hydroxyl groups excluding tert-OH is 2. The fourth-order valence-electron chi connectivity index (χ4n) is 7.64. The number of nitrogens with zero attached hydrogens (tertiary/aromatic N) is 1. The molecule has 1 heterocycles. The van der Waals surface area contributed by atoms with Crippen molar-refractivity contribution in [2.75, 3.05) is 0 Å². The van der Waals surface area contributed by atoms with E-state index < -0.39 is 182 Å². The number of aliphatic hydroxyl groups is 2. The minimum atomic E-state index is -1.91. The molecule has 0 aliphatic rings. The minimum Gasteiger partial charge on any atom is -0.481 e. The molecule has 29 heteroatoms. The Morgan fingerprint density at radius 3 is 1.29 bits per heavy atom. The van der Waals surface area contributed by atoms with Crippen molar-refractivity contribution in [1.29, 1.82) is 0 Å². The standard InChI is InChI=1S/C50H75N11O18/c1-7-24(3)38(58-43(71)31(15-18-36(66)67)54-42(70)30(51)14-17-35(64)65)46(74)55-32(16-19-37(68)69)44(72)59-39(25(4)8-2)47(75)60-41(27(6)63)49(77)61-40(26(5)62)48(76)56-33(21-29-22-52-23-53-29)45(73)57-34(50(78)79)20-28-12-10-9-11-13-28/h9-13,22-27,30-34,38-41,62-63H,7-8,14-21,51H2,1-6H3,(H,52,53)(H,54,70)(H,55,74)(H,56,76)(H,57,73)(H,58,71)(H,59,72)(H,60,75)(H,61,77)(H,64,65)(H,66,67)(H,68,69)(H,78,79)/t24-,25-,26+,27+,30-,31-,32-,33-,34-,38-,39-,40-,41-/m0/s1. The van der Waals surface area contributed by atoms with Crippen molar-refractivity contribution in [3.05, 3.63) is 54.1 Å². The van der Waals surface area contributed by atoms with Crippen LogP contribution in [0.5, 0.6) is 0 Å². The molecule has 29 nitrogen and oxygen atoms in total. The Morgan fingerprint density at radius 2 is 0.873 bits per heavy atom. The first kappa shape index (κ1) is 67.1. The van der Waals surface area contributed by atoms with Crippen molar-refractivity contribution < 1.29 is 88.2 Å². The molecular formula is C50H75N11O18. The van der Waals surface area contributed by atoms with Gasteiger partial charge in [0, 0.05) is 44.0 Å². The monoisotopic (exact) mass is 1120 g/mol. The van der Waals surface area contributed by atoms with Crippen molar-refractivity contribution >= 4 is 71.1 Å². The molecule has 0 aliphatic carbocycles. The van der Waals surface area contributed by atoms with Gasteiger partial charge >= 0.3 is 23.9 Å². The lowest BCUT2D eigenvalue weighted by Crippen LogP contribution is -2.64. The zero-order valence-corrected chi connectivity index (χ0v) is 44.7. The van der Waals surface area contributed by atoms with E-state index in [-0.39, 0.29) is 32.1 Å². The highest BCUT2D eigenvalue weighted by Gasteiger charge is 2.39. The Kier molecular flexibility index (Phi) is 28.3. The first-order chi connectivity index (χ1) is 37.1. The molecule has 2 rings (SSSR count). The number of carbonyl (C=O) groups is 12. The van der Waals surface area contributed by atoms with Crippen LogP contribution in [0, 0.1) is 11.8 Å². The summed E-state index contributed by atoms with van der Waals surface area (Å²) in [5.41, 5.74) is 6.69. The summed E-state index contributed by atoms with van der Waals surface area (Å²) in [5, 5.41) is 78.4. The summed E-state index contributed by atoms with van der Waals surface area (Å²) in [6.07, 6.45) is -4.06. The Labute approximate surface area is 454 Å². The average Bonchev–Trinajstić information content (AvgIpc) is 3.91. The summed E-state index contributed by atoms with van der Waals surface area (Å²) >= 11 is 0. The maximum Gasteiger partial charge on any atom is 0.326 e. The number of amides is 8. The molecule has 0 unspecified atom stereocenters. The van der Waals surface area contributed by atoms with Crippen molar-refractivity contribution in [3.63, 3.8) is 0 Å². The van der Waals surface area contributed by atoms with Crippen LogP contribution in [-0.4, -0.2) is 178 Å². The molecule has 2 aromatic rings. The third kappa shape index (κ3) is 23.2. The second kappa shape index (κ2) is 33.3. The molecule has 79 heavy (non-hydrogen) atoms. The van der Waals surface area contributed by atoms with Crippen molar-refractivity contribution in [3.8, 4) is 0 Å². The quantitative estimate of drug-likeness (QED) is 0.0322. The maximum absolute atomic E-state index is 14.1. The Morgan fingerprint density at radius 1 is 0.494 bits per heavy atom. The predicted molar refractivity (Wildman–Crippen MR) is 276 cm³/mol. The Bertz CT molecular complexity index is 2410. The predicted octanol–water partition coefficient (Wildman–Crippen LogP) is -3.07. The topological polar surface area (TPSA) is 477 Å². The van der Waals surface area contributed by atoms with Gasteiger partial charge in [-0.2, -0.15) is 0 Å². The van der Waals surface area contributed by atoms with E-state index >= 15 is 0 Å². The largest absolute Gasteiger partial charge is 0.481 e. The molecule has 0 bridgehead atoms. The normalized spacial score (nSPS) is 16.1. The number of hydrogen-bond acceptors (Lipinski definition) is 16. The van der Waals surface area contributed by atoms with E-state index in [9.17, 15) is 83.1 Å². The van der Waals surface area contributed by atoms with Crippen LogP contribution in [0.25, 0.3) is 0 Å². The van der Waals surface area contributed by atoms with E-state index in [0.29, 0.717) is 11.3 Å². The van der Waals surface area contributed by atoms with Crippen LogP contribution >= 0.6 is 0 Å². The third-order valence-electron chi connectivity index (χ3n) is 12.8. The van der Waals surface area contributed by atoms with Crippen LogP contribution in [0.4, 0.5) is 0 Å². The van der Waals surface area contributed by atoms with Gasteiger partial charge in [-0.25, -0.2) is 9.78 Å². The van der Waals surface area contributed by atoms with Gasteiger partial charge in [0.1, 0.15) is 48.3 Å². The number of aromatic amines is 1. The number of H-pyrrole nitrogens is 1. The maximum atomic E-state index is 14.1. The minimum absolute atomic E-state index is 0.127. The van der Waals surface area contributed by atoms with Gasteiger partial charge in [0.2, 0.25) is 47.3 Å². The zero-order valence-electron chi connectivity index (χ0n) is 44.7. The number of aromatic nitrogens is 2. The van der Waals surface area contributed by atoms with E-state index in [2.05, 4.69) is 52.5 Å². The molecule has 1 aromatic carbocycles. The first-order valence-electron chi connectivity index (χ1n) is 25.5. The van der Waals surface area contributed by atoms with Gasteiger partial charge in [-0.3, -0.25) is 52.7 Å². The van der Waals surface area contributed by atoms with Gasteiger partial charge in [-0.15, -0.1) is 0 Å². The van der Waals surface area contributed by atoms with Crippen LogP contribution in [0.1, 0.15) is 104 Å². The molecule has 0 saturated carbocycles. The SMILES string of the molecule is CC[C@H](C)[C@H](NC(=O)[C@H](CCC(=O)O)NC(=O)[C@@H](N)CCC(=O)O)C(=O)N[C@@H](CCC(=O)O)C(=O)N[C@H](C(=O)N[C@H](C(=O)N[C@H](C(=O)N[C@@H](Cc1cnc[nH]1)C(=O)N[C@@H](Cc1ccccc1)C(=O)O)[C@@H](C)O)[C@@H](C)O)[C@@H](C)CC. The van der Waals surface area contributed by atoms with E-state index in [1.165, 1.54) is 26.4 Å². The lowest BCUT2D eigenvalue weighted by Gasteiger charge is -2.31. The van der Waals surface area contributed by atoms with Gasteiger partial charge in [-0.1, -0.05) is 70.9 Å². The number of aliphatic carboxylic acids is 4. The van der Waals surface area contributed by atoms with E-state index in [0.717, 1.165) is 13.8 Å². The second-order valence-corrected chi connectivity index (χ2v) is 19.2. The number of benzene rings is 1. The number of hydrogen-bond donors (Lipinski definition) is 16. The highest BCUT2D eigenvalue weighted by atomic mass is 16.4. The van der Waals surface area contributed by atoms with Crippen LogP contribution < -0.4 is 48.3 Å². The summed E-state index contributed by atoms with van der Waals surface area (Å²) < 4.78 is 0. The Balaban J connectivity index is 2.39. The molecule has 8 amide bonds. The summed E-state index contributed by atoms with van der Waals surface area (Å²) in [6.45, 7) is 8.53. The average molecular weight is 1120 g/mol. The summed E-state index contributed by atoms with van der Waals surface area (Å²) in [5.74, 6) is -15.5. The fraction of sp³-hybridized carbons (Fsp3) is 0.580. The molecular weight excluding hydrogens is 1040 g/mol. The lowest BCUT2D eigenvalue weighted by molar-refractivity contribution is -0.142. The van der Waals surface area contributed by atoms with E-state index in [4.69, 9.17) is 10.8 Å². The number of imidazole rings is 1. The van der Waals surface area contributed by atoms with Gasteiger partial charge in [0.05, 0.1) is 24.6 Å². The fourth-order valence-corrected chi connectivity index (χ4v) is 7.64.